The first-order valence-electron chi connectivity index (χ1n) is 12.5. The van der Waals surface area contributed by atoms with Crippen LogP contribution in [0.25, 0.3) is 0 Å². The zero-order valence-corrected chi connectivity index (χ0v) is 19.2. The zero-order valence-electron chi connectivity index (χ0n) is 19.2. The maximum Gasteiger partial charge on any atom is 0.273 e. The lowest BCUT2D eigenvalue weighted by Crippen LogP contribution is -2.53. The Kier molecular flexibility index (Phi) is 6.76. The van der Waals surface area contributed by atoms with Gasteiger partial charge in [-0.3, -0.25) is 9.59 Å². The monoisotopic (exact) mass is 450 g/mol. The summed E-state index contributed by atoms with van der Waals surface area (Å²) in [6.45, 7) is 2.69. The molecule has 7 nitrogen and oxygen atoms in total. The molecule has 2 N–H and O–H groups in total. The van der Waals surface area contributed by atoms with Crippen molar-refractivity contribution in [2.45, 2.75) is 69.4 Å². The molecule has 33 heavy (non-hydrogen) atoms. The number of nitrogens with one attached hydrogen (secondary N) is 2. The van der Waals surface area contributed by atoms with Crippen molar-refractivity contribution >= 4 is 11.8 Å². The van der Waals surface area contributed by atoms with Crippen LogP contribution in [0.5, 0.6) is 0 Å². The van der Waals surface area contributed by atoms with Gasteiger partial charge in [0, 0.05) is 37.0 Å². The van der Waals surface area contributed by atoms with Gasteiger partial charge in [-0.05, 0) is 69.5 Å². The Bertz CT molecular complexity index is 949. The Morgan fingerprint density at radius 3 is 2.64 bits per heavy atom. The molecule has 3 heterocycles. The van der Waals surface area contributed by atoms with Gasteiger partial charge in [-0.25, -0.2) is 0 Å². The highest BCUT2D eigenvalue weighted by atomic mass is 16.5. The third-order valence-electron chi connectivity index (χ3n) is 7.35. The van der Waals surface area contributed by atoms with Crippen LogP contribution in [0.3, 0.4) is 0 Å². The van der Waals surface area contributed by atoms with Crippen LogP contribution >= 0.6 is 0 Å². The van der Waals surface area contributed by atoms with Crippen LogP contribution in [0.15, 0.2) is 40.9 Å². The third kappa shape index (κ3) is 5.64. The van der Waals surface area contributed by atoms with Crippen molar-refractivity contribution in [2.75, 3.05) is 19.6 Å². The number of piperidine rings is 2. The van der Waals surface area contributed by atoms with Gasteiger partial charge in [0.2, 0.25) is 5.91 Å². The first kappa shape index (κ1) is 22.1. The Balaban J connectivity index is 1.24. The Hall–Kier alpha value is -2.67. The van der Waals surface area contributed by atoms with Gasteiger partial charge >= 0.3 is 0 Å². The molecule has 2 atom stereocenters. The van der Waals surface area contributed by atoms with E-state index in [1.807, 2.05) is 18.2 Å². The molecule has 1 aliphatic carbocycles. The molecule has 1 saturated carbocycles. The van der Waals surface area contributed by atoms with E-state index in [1.165, 1.54) is 5.56 Å². The molecule has 2 amide bonds. The van der Waals surface area contributed by atoms with E-state index in [4.69, 9.17) is 4.52 Å². The van der Waals surface area contributed by atoms with Crippen molar-refractivity contribution < 1.29 is 14.1 Å². The molecule has 2 saturated heterocycles. The summed E-state index contributed by atoms with van der Waals surface area (Å²) in [4.78, 5) is 28.2. The molecule has 2 aliphatic heterocycles. The Morgan fingerprint density at radius 2 is 1.88 bits per heavy atom. The van der Waals surface area contributed by atoms with Crippen molar-refractivity contribution in [3.63, 3.8) is 0 Å². The van der Waals surface area contributed by atoms with Gasteiger partial charge in [-0.1, -0.05) is 35.5 Å². The van der Waals surface area contributed by atoms with Crippen LogP contribution in [0, 0.1) is 5.92 Å². The summed E-state index contributed by atoms with van der Waals surface area (Å²) >= 11 is 0. The van der Waals surface area contributed by atoms with Crippen LogP contribution in [0.1, 0.15) is 72.7 Å². The van der Waals surface area contributed by atoms with Crippen molar-refractivity contribution in [3.8, 4) is 0 Å². The summed E-state index contributed by atoms with van der Waals surface area (Å²) in [5, 5.41) is 10.5. The molecule has 2 aromatic rings. The summed E-state index contributed by atoms with van der Waals surface area (Å²) in [6.07, 6.45) is 7.33. The van der Waals surface area contributed by atoms with Crippen LogP contribution in [0.2, 0.25) is 0 Å². The van der Waals surface area contributed by atoms with Crippen LogP contribution < -0.4 is 10.6 Å². The summed E-state index contributed by atoms with van der Waals surface area (Å²) < 4.78 is 5.35. The van der Waals surface area contributed by atoms with E-state index in [2.05, 4.69) is 32.8 Å². The summed E-state index contributed by atoms with van der Waals surface area (Å²) in [5.41, 5.74) is 1.58. The molecule has 7 heteroatoms. The minimum absolute atomic E-state index is 0.0233. The number of rotatable bonds is 7. The van der Waals surface area contributed by atoms with Crippen molar-refractivity contribution in [3.05, 3.63) is 53.4 Å². The summed E-state index contributed by atoms with van der Waals surface area (Å²) in [7, 11) is 0. The molecular formula is C26H34N4O3. The lowest BCUT2D eigenvalue weighted by molar-refractivity contribution is -0.136. The predicted octanol–water partition coefficient (Wildman–Crippen LogP) is 3.27. The average molecular weight is 451 g/mol. The molecule has 1 aromatic heterocycles. The minimum atomic E-state index is -0.177. The van der Waals surface area contributed by atoms with Gasteiger partial charge in [0.1, 0.15) is 5.76 Å². The number of hydrogen-bond donors (Lipinski definition) is 2. The van der Waals surface area contributed by atoms with E-state index in [-0.39, 0.29) is 23.9 Å². The van der Waals surface area contributed by atoms with E-state index in [1.54, 1.807) is 6.07 Å². The molecule has 1 aromatic carbocycles. The topological polar surface area (TPSA) is 87.5 Å². The van der Waals surface area contributed by atoms with Gasteiger partial charge in [-0.2, -0.15) is 0 Å². The zero-order chi connectivity index (χ0) is 22.6. The molecule has 0 bridgehead atoms. The second kappa shape index (κ2) is 10.1. The number of likely N-dealkylation sites (tertiary alicyclic amines) is 1. The number of carbonyl (C=O) groups is 2. The van der Waals surface area contributed by atoms with Crippen molar-refractivity contribution in [2.24, 2.45) is 5.92 Å². The van der Waals surface area contributed by atoms with E-state index >= 15 is 0 Å². The first-order valence-corrected chi connectivity index (χ1v) is 12.5. The molecule has 3 aliphatic rings. The molecule has 0 unspecified atom stereocenters. The standard InChI is InChI=1S/C26H34N4O3/c31-25(15-19-8-11-27-12-9-19)30-13-10-21(16-22(30)14-18-4-2-1-3-5-18)28-26(32)23-17-24(33-29-23)20-6-7-20/h1-5,17,19-22,27H,6-16H2,(H,28,32)/t21-,22-/m1/s1. The highest BCUT2D eigenvalue weighted by Gasteiger charge is 2.34. The average Bonchev–Trinajstić information content (AvgIpc) is 3.56. The number of amides is 2. The van der Waals surface area contributed by atoms with Gasteiger partial charge in [0.15, 0.2) is 5.69 Å². The Morgan fingerprint density at radius 1 is 1.09 bits per heavy atom. The minimum Gasteiger partial charge on any atom is -0.360 e. The molecular weight excluding hydrogens is 416 g/mol. The van der Waals surface area contributed by atoms with Gasteiger partial charge in [-0.15, -0.1) is 0 Å². The van der Waals surface area contributed by atoms with Crippen LogP contribution in [0.4, 0.5) is 0 Å². The fraction of sp³-hybridized carbons (Fsp3) is 0.577. The fourth-order valence-corrected chi connectivity index (χ4v) is 5.26. The molecule has 3 fully saturated rings. The molecule has 176 valence electrons. The third-order valence-corrected chi connectivity index (χ3v) is 7.35. The van der Waals surface area contributed by atoms with E-state index < -0.39 is 0 Å². The van der Waals surface area contributed by atoms with Gasteiger partial charge < -0.3 is 20.1 Å². The normalized spacial score (nSPS) is 23.9. The maximum absolute atomic E-state index is 13.3. The SMILES string of the molecule is O=C(N[C@@H]1CCN(C(=O)CC2CCNCC2)[C@H](Cc2ccccc2)C1)c1cc(C2CC2)on1. The highest BCUT2D eigenvalue weighted by Crippen LogP contribution is 2.40. The summed E-state index contributed by atoms with van der Waals surface area (Å²) in [5.74, 6) is 1.81. The number of benzene rings is 1. The molecule has 5 rings (SSSR count). The first-order chi connectivity index (χ1) is 16.2. The Labute approximate surface area is 195 Å². The lowest BCUT2D eigenvalue weighted by atomic mass is 9.89. The second-order valence-electron chi connectivity index (χ2n) is 9.91. The molecule has 0 radical (unpaired) electrons. The van der Waals surface area contributed by atoms with Gasteiger partial charge in [0.05, 0.1) is 0 Å². The van der Waals surface area contributed by atoms with E-state index in [0.717, 1.165) is 63.8 Å². The molecule has 0 spiro atoms. The van der Waals surface area contributed by atoms with Crippen molar-refractivity contribution in [1.29, 1.82) is 0 Å². The summed E-state index contributed by atoms with van der Waals surface area (Å²) in [6, 6.07) is 12.2. The second-order valence-corrected chi connectivity index (χ2v) is 9.91. The smallest absolute Gasteiger partial charge is 0.273 e. The number of aromatic nitrogens is 1. The lowest BCUT2D eigenvalue weighted by Gasteiger charge is -2.40. The maximum atomic E-state index is 13.3. The fourth-order valence-electron chi connectivity index (χ4n) is 5.26. The van der Waals surface area contributed by atoms with E-state index in [9.17, 15) is 9.59 Å². The van der Waals surface area contributed by atoms with Gasteiger partial charge in [0.25, 0.3) is 5.91 Å². The van der Waals surface area contributed by atoms with Crippen LogP contribution in [-0.2, 0) is 11.2 Å². The highest BCUT2D eigenvalue weighted by molar-refractivity contribution is 5.92. The van der Waals surface area contributed by atoms with Crippen LogP contribution in [-0.4, -0.2) is 53.6 Å². The number of nitrogens with zero attached hydrogens (tertiary/aromatic N) is 2. The number of hydrogen-bond acceptors (Lipinski definition) is 5. The largest absolute Gasteiger partial charge is 0.360 e. The van der Waals surface area contributed by atoms with E-state index in [0.29, 0.717) is 30.5 Å². The predicted molar refractivity (Wildman–Crippen MR) is 125 cm³/mol. The quantitative estimate of drug-likeness (QED) is 0.676. The number of carbonyl (C=O) groups excluding carboxylic acids is 2. The van der Waals surface area contributed by atoms with Crippen molar-refractivity contribution in [1.82, 2.24) is 20.7 Å².